The van der Waals surface area contributed by atoms with Crippen LogP contribution >= 0.6 is 0 Å². The first kappa shape index (κ1) is 14.3. The van der Waals surface area contributed by atoms with Crippen LogP contribution in [0.4, 0.5) is 11.7 Å². The van der Waals surface area contributed by atoms with Gasteiger partial charge in [0.1, 0.15) is 6.54 Å². The molecule has 0 fully saturated rings. The zero-order valence-corrected chi connectivity index (χ0v) is 11.6. The Morgan fingerprint density at radius 1 is 1.52 bits per heavy atom. The number of pyridine rings is 1. The molecule has 2 aromatic heterocycles. The van der Waals surface area contributed by atoms with Crippen LogP contribution < -0.4 is 5.32 Å². The Labute approximate surface area is 130 Å². The zero-order chi connectivity index (χ0) is 16.4. The molecule has 0 aromatic carbocycles. The topological polar surface area (TPSA) is 132 Å². The SMILES string of the molecule is N#CCNc1oc(C=C2C=Nc3ncccc32)c(O)c1C(=O)O. The van der Waals surface area contributed by atoms with Crippen molar-refractivity contribution in [1.82, 2.24) is 4.98 Å². The average molecular weight is 310 g/mol. The number of allylic oxidation sites excluding steroid dienone is 1. The number of aliphatic imine (C=N–C) groups is 1. The maximum Gasteiger partial charge on any atom is 0.345 e. The predicted molar refractivity (Wildman–Crippen MR) is 81.7 cm³/mol. The number of rotatable bonds is 4. The second-order valence-electron chi connectivity index (χ2n) is 4.57. The lowest BCUT2D eigenvalue weighted by atomic mass is 10.1. The molecular weight excluding hydrogens is 300 g/mol. The molecular formula is C15H10N4O4. The second-order valence-corrected chi connectivity index (χ2v) is 4.57. The molecule has 114 valence electrons. The number of aromatic carboxylic acids is 1. The Balaban J connectivity index is 2.05. The van der Waals surface area contributed by atoms with Crippen molar-refractivity contribution in [3.8, 4) is 11.8 Å². The number of furan rings is 1. The Morgan fingerprint density at radius 3 is 3.09 bits per heavy atom. The lowest BCUT2D eigenvalue weighted by Crippen LogP contribution is -2.03. The molecule has 0 spiro atoms. The van der Waals surface area contributed by atoms with Crippen LogP contribution in [0.15, 0.2) is 27.7 Å². The van der Waals surface area contributed by atoms with Crippen LogP contribution in [0.25, 0.3) is 11.6 Å². The highest BCUT2D eigenvalue weighted by molar-refractivity contribution is 6.21. The van der Waals surface area contributed by atoms with Crippen LogP contribution in [0, 0.1) is 11.3 Å². The van der Waals surface area contributed by atoms with Gasteiger partial charge in [0.2, 0.25) is 5.88 Å². The lowest BCUT2D eigenvalue weighted by Gasteiger charge is -1.97. The van der Waals surface area contributed by atoms with Gasteiger partial charge in [-0.25, -0.2) is 14.8 Å². The van der Waals surface area contributed by atoms with Crippen LogP contribution in [0.3, 0.4) is 0 Å². The largest absolute Gasteiger partial charge is 0.504 e. The number of carboxylic acid groups (broad SMARTS) is 1. The summed E-state index contributed by atoms with van der Waals surface area (Å²) in [5.74, 6) is -1.56. The molecule has 2 aromatic rings. The minimum Gasteiger partial charge on any atom is -0.504 e. The maximum absolute atomic E-state index is 11.3. The summed E-state index contributed by atoms with van der Waals surface area (Å²) in [6.07, 6.45) is 4.62. The van der Waals surface area contributed by atoms with Gasteiger partial charge in [-0.15, -0.1) is 0 Å². The van der Waals surface area contributed by atoms with Gasteiger partial charge in [0.15, 0.2) is 22.9 Å². The number of hydrogen-bond donors (Lipinski definition) is 3. The van der Waals surface area contributed by atoms with Crippen molar-refractivity contribution in [3.63, 3.8) is 0 Å². The van der Waals surface area contributed by atoms with Crippen molar-refractivity contribution in [3.05, 3.63) is 35.2 Å². The maximum atomic E-state index is 11.3. The van der Waals surface area contributed by atoms with Crippen molar-refractivity contribution in [2.24, 2.45) is 4.99 Å². The van der Waals surface area contributed by atoms with Gasteiger partial charge in [0.05, 0.1) is 6.07 Å². The monoisotopic (exact) mass is 310 g/mol. The molecule has 0 unspecified atom stereocenters. The molecule has 0 saturated carbocycles. The summed E-state index contributed by atoms with van der Waals surface area (Å²) in [4.78, 5) is 19.5. The third-order valence-corrected chi connectivity index (χ3v) is 3.16. The first-order valence-electron chi connectivity index (χ1n) is 6.53. The van der Waals surface area contributed by atoms with E-state index < -0.39 is 17.3 Å². The Hall–Kier alpha value is -3.60. The highest BCUT2D eigenvalue weighted by atomic mass is 16.4. The quantitative estimate of drug-likeness (QED) is 0.738. The van der Waals surface area contributed by atoms with Crippen LogP contribution in [-0.2, 0) is 0 Å². The number of aromatic nitrogens is 1. The van der Waals surface area contributed by atoms with Crippen molar-refractivity contribution >= 4 is 35.5 Å². The first-order chi connectivity index (χ1) is 11.1. The van der Waals surface area contributed by atoms with Crippen LogP contribution in [0.5, 0.6) is 5.75 Å². The van der Waals surface area contributed by atoms with Crippen LogP contribution in [0.2, 0.25) is 0 Å². The van der Waals surface area contributed by atoms with Gasteiger partial charge in [-0.05, 0) is 18.2 Å². The Kier molecular flexibility index (Phi) is 3.52. The minimum absolute atomic E-state index is 0.0407. The molecule has 0 saturated heterocycles. The van der Waals surface area contributed by atoms with E-state index >= 15 is 0 Å². The molecule has 8 nitrogen and oxygen atoms in total. The fourth-order valence-corrected chi connectivity index (χ4v) is 2.16. The molecule has 3 heterocycles. The highest BCUT2D eigenvalue weighted by Gasteiger charge is 2.25. The van der Waals surface area contributed by atoms with Crippen molar-refractivity contribution in [2.75, 3.05) is 11.9 Å². The van der Waals surface area contributed by atoms with Crippen LogP contribution in [0.1, 0.15) is 21.7 Å². The molecule has 1 aliphatic heterocycles. The van der Waals surface area contributed by atoms with E-state index in [-0.39, 0.29) is 18.2 Å². The molecule has 0 radical (unpaired) electrons. The van der Waals surface area contributed by atoms with E-state index in [1.54, 1.807) is 30.6 Å². The minimum atomic E-state index is -1.36. The number of nitriles is 1. The molecule has 8 heteroatoms. The van der Waals surface area contributed by atoms with Gasteiger partial charge in [0, 0.05) is 23.5 Å². The molecule has 3 N–H and O–H groups in total. The molecule has 0 amide bonds. The predicted octanol–water partition coefficient (Wildman–Crippen LogP) is 2.27. The summed E-state index contributed by atoms with van der Waals surface area (Å²) >= 11 is 0. The highest BCUT2D eigenvalue weighted by Crippen LogP contribution is 2.37. The van der Waals surface area contributed by atoms with Gasteiger partial charge < -0.3 is 19.9 Å². The number of anilines is 1. The van der Waals surface area contributed by atoms with E-state index in [1.165, 1.54) is 6.08 Å². The van der Waals surface area contributed by atoms with Gasteiger partial charge in [-0.3, -0.25) is 0 Å². The van der Waals surface area contributed by atoms with Crippen molar-refractivity contribution in [2.45, 2.75) is 0 Å². The summed E-state index contributed by atoms with van der Waals surface area (Å²) in [5, 5.41) is 30.3. The standard InChI is InChI=1S/C15H10N4O4/c16-3-5-18-14-11(15(21)22)12(20)10(23-14)6-8-7-19-13-9(8)2-1-4-17-13/h1-2,4,6-7,18,20H,5H2,(H,21,22). The van der Waals surface area contributed by atoms with E-state index in [1.807, 2.05) is 0 Å². The number of carboxylic acids is 1. The smallest absolute Gasteiger partial charge is 0.345 e. The number of hydrogen-bond acceptors (Lipinski definition) is 7. The van der Waals surface area contributed by atoms with Gasteiger partial charge in [0.25, 0.3) is 0 Å². The molecule has 3 rings (SSSR count). The van der Waals surface area contributed by atoms with Gasteiger partial charge in [-0.2, -0.15) is 5.26 Å². The van der Waals surface area contributed by atoms with E-state index in [0.717, 1.165) is 5.56 Å². The third-order valence-electron chi connectivity index (χ3n) is 3.16. The summed E-state index contributed by atoms with van der Waals surface area (Å²) in [7, 11) is 0. The number of aromatic hydroxyl groups is 1. The Morgan fingerprint density at radius 2 is 2.35 bits per heavy atom. The molecule has 0 aliphatic carbocycles. The molecule has 23 heavy (non-hydrogen) atoms. The first-order valence-corrected chi connectivity index (χ1v) is 6.53. The normalized spacial score (nSPS) is 13.8. The summed E-state index contributed by atoms with van der Waals surface area (Å²) < 4.78 is 5.33. The number of fused-ring (bicyclic) bond motifs is 1. The molecule has 0 atom stereocenters. The van der Waals surface area contributed by atoms with Crippen molar-refractivity contribution in [1.29, 1.82) is 5.26 Å². The Bertz CT molecular complexity index is 889. The summed E-state index contributed by atoms with van der Waals surface area (Å²) in [5.41, 5.74) is 0.945. The fraction of sp³-hybridized carbons (Fsp3) is 0.0667. The summed E-state index contributed by atoms with van der Waals surface area (Å²) in [6.45, 7) is -0.155. The van der Waals surface area contributed by atoms with E-state index in [0.29, 0.717) is 11.4 Å². The lowest BCUT2D eigenvalue weighted by molar-refractivity contribution is 0.0694. The van der Waals surface area contributed by atoms with Gasteiger partial charge >= 0.3 is 5.97 Å². The molecule has 1 aliphatic rings. The van der Waals surface area contributed by atoms with E-state index in [2.05, 4.69) is 15.3 Å². The van der Waals surface area contributed by atoms with E-state index in [9.17, 15) is 15.0 Å². The average Bonchev–Trinajstić information content (AvgIpc) is 3.08. The zero-order valence-electron chi connectivity index (χ0n) is 11.6. The second kappa shape index (κ2) is 5.65. The third kappa shape index (κ3) is 2.51. The number of carbonyl (C=O) groups is 1. The summed E-state index contributed by atoms with van der Waals surface area (Å²) in [6, 6.07) is 5.35. The van der Waals surface area contributed by atoms with Gasteiger partial charge in [-0.1, -0.05) is 0 Å². The number of nitrogens with zero attached hydrogens (tertiary/aromatic N) is 3. The van der Waals surface area contributed by atoms with Crippen LogP contribution in [-0.4, -0.2) is 33.9 Å². The molecule has 0 bridgehead atoms. The number of nitrogens with one attached hydrogen (secondary N) is 1. The van der Waals surface area contributed by atoms with E-state index in [4.69, 9.17) is 9.68 Å². The fourth-order valence-electron chi connectivity index (χ4n) is 2.16. The van der Waals surface area contributed by atoms with Crippen molar-refractivity contribution < 1.29 is 19.4 Å².